The first-order valence-electron chi connectivity index (χ1n) is 7.52. The van der Waals surface area contributed by atoms with E-state index in [2.05, 4.69) is 4.72 Å². The fourth-order valence-corrected chi connectivity index (χ4v) is 5.78. The zero-order chi connectivity index (χ0) is 15.9. The molecule has 1 atom stereocenters. The standard InChI is InChI=1S/C17H21NO2S2/c1-11-9-12(2)17(13(3)10-11)22(19,20)18-16(14-6-7-14)15-5-4-8-21-15/h4-5,8-10,14,16,18H,6-7H2,1-3H3. The Bertz CT molecular complexity index is 752. The van der Waals surface area contributed by atoms with Gasteiger partial charge in [0.25, 0.3) is 0 Å². The van der Waals surface area contributed by atoms with Crippen LogP contribution < -0.4 is 4.72 Å². The highest BCUT2D eigenvalue weighted by Gasteiger charge is 2.36. The van der Waals surface area contributed by atoms with Crippen molar-refractivity contribution in [1.29, 1.82) is 0 Å². The average Bonchev–Trinajstić information content (AvgIpc) is 3.09. The van der Waals surface area contributed by atoms with Crippen LogP contribution in [0, 0.1) is 26.7 Å². The van der Waals surface area contributed by atoms with Gasteiger partial charge in [0.15, 0.2) is 0 Å². The summed E-state index contributed by atoms with van der Waals surface area (Å²) in [5.41, 5.74) is 2.71. The molecule has 3 rings (SSSR count). The summed E-state index contributed by atoms with van der Waals surface area (Å²) < 4.78 is 28.8. The first-order chi connectivity index (χ1) is 10.4. The molecule has 1 fully saturated rings. The topological polar surface area (TPSA) is 46.2 Å². The zero-order valence-corrected chi connectivity index (χ0v) is 14.7. The van der Waals surface area contributed by atoms with Crippen LogP contribution in [0.1, 0.15) is 40.5 Å². The normalized spacial score (nSPS) is 16.7. The van der Waals surface area contributed by atoms with Crippen LogP contribution in [-0.2, 0) is 10.0 Å². The van der Waals surface area contributed by atoms with E-state index < -0.39 is 10.0 Å². The highest BCUT2D eigenvalue weighted by Crippen LogP contribution is 2.43. The van der Waals surface area contributed by atoms with Gasteiger partial charge in [0, 0.05) is 4.88 Å². The summed E-state index contributed by atoms with van der Waals surface area (Å²) in [6.45, 7) is 5.72. The van der Waals surface area contributed by atoms with E-state index in [-0.39, 0.29) is 6.04 Å². The van der Waals surface area contributed by atoms with Crippen molar-refractivity contribution in [3.8, 4) is 0 Å². The SMILES string of the molecule is Cc1cc(C)c(S(=O)(=O)NC(c2cccs2)C2CC2)c(C)c1. The molecular formula is C17H21NO2S2. The second kappa shape index (κ2) is 5.80. The van der Waals surface area contributed by atoms with E-state index in [0.717, 1.165) is 34.4 Å². The number of thiophene rings is 1. The van der Waals surface area contributed by atoms with Crippen molar-refractivity contribution in [2.75, 3.05) is 0 Å². The quantitative estimate of drug-likeness (QED) is 0.894. The third-order valence-electron chi connectivity index (χ3n) is 4.10. The van der Waals surface area contributed by atoms with Crippen LogP contribution in [-0.4, -0.2) is 8.42 Å². The number of rotatable bonds is 5. The van der Waals surface area contributed by atoms with E-state index in [4.69, 9.17) is 0 Å². The molecule has 2 aromatic rings. The van der Waals surface area contributed by atoms with Gasteiger partial charge in [0.05, 0.1) is 10.9 Å². The molecule has 0 amide bonds. The van der Waals surface area contributed by atoms with Crippen LogP contribution in [0.15, 0.2) is 34.5 Å². The molecule has 1 aromatic carbocycles. The summed E-state index contributed by atoms with van der Waals surface area (Å²) in [7, 11) is -3.51. The first-order valence-corrected chi connectivity index (χ1v) is 9.88. The Morgan fingerprint density at radius 1 is 1.18 bits per heavy atom. The number of nitrogens with one attached hydrogen (secondary N) is 1. The van der Waals surface area contributed by atoms with Crippen molar-refractivity contribution in [1.82, 2.24) is 4.72 Å². The second-order valence-corrected chi connectivity index (χ2v) is 8.81. The molecule has 0 saturated heterocycles. The second-order valence-electron chi connectivity index (χ2n) is 6.18. The average molecular weight is 335 g/mol. The van der Waals surface area contributed by atoms with Crippen molar-refractivity contribution in [2.24, 2.45) is 5.92 Å². The molecule has 1 N–H and O–H groups in total. The molecule has 1 saturated carbocycles. The Hall–Kier alpha value is -1.17. The van der Waals surface area contributed by atoms with Crippen molar-refractivity contribution in [3.05, 3.63) is 51.2 Å². The van der Waals surface area contributed by atoms with Gasteiger partial charge in [-0.15, -0.1) is 11.3 Å². The van der Waals surface area contributed by atoms with Crippen molar-refractivity contribution in [3.63, 3.8) is 0 Å². The van der Waals surface area contributed by atoms with E-state index in [1.54, 1.807) is 11.3 Å². The zero-order valence-electron chi connectivity index (χ0n) is 13.1. The highest BCUT2D eigenvalue weighted by molar-refractivity contribution is 7.89. The van der Waals surface area contributed by atoms with Gasteiger partial charge < -0.3 is 0 Å². The van der Waals surface area contributed by atoms with Crippen molar-refractivity contribution < 1.29 is 8.42 Å². The molecule has 0 bridgehead atoms. The molecule has 0 spiro atoms. The smallest absolute Gasteiger partial charge is 0.207 e. The molecule has 3 nitrogen and oxygen atoms in total. The summed E-state index contributed by atoms with van der Waals surface area (Å²) in [5, 5.41) is 2.00. The van der Waals surface area contributed by atoms with Crippen LogP contribution in [0.5, 0.6) is 0 Å². The Morgan fingerprint density at radius 3 is 2.32 bits per heavy atom. The maximum Gasteiger partial charge on any atom is 0.241 e. The van der Waals surface area contributed by atoms with E-state index in [0.29, 0.717) is 10.8 Å². The number of hydrogen-bond acceptors (Lipinski definition) is 3. The summed E-state index contributed by atoms with van der Waals surface area (Å²) in [4.78, 5) is 1.54. The Kier molecular flexibility index (Phi) is 4.14. The molecule has 118 valence electrons. The first kappa shape index (κ1) is 15.7. The number of hydrogen-bond donors (Lipinski definition) is 1. The predicted molar refractivity (Wildman–Crippen MR) is 90.8 cm³/mol. The van der Waals surface area contributed by atoms with Gasteiger partial charge in [-0.1, -0.05) is 23.8 Å². The van der Waals surface area contributed by atoms with Gasteiger partial charge in [-0.3, -0.25) is 0 Å². The fraction of sp³-hybridized carbons (Fsp3) is 0.412. The molecule has 22 heavy (non-hydrogen) atoms. The van der Waals surface area contributed by atoms with Crippen LogP contribution in [0.3, 0.4) is 0 Å². The maximum atomic E-state index is 12.9. The van der Waals surface area contributed by atoms with Crippen molar-refractivity contribution >= 4 is 21.4 Å². The van der Waals surface area contributed by atoms with Gasteiger partial charge in [-0.05, 0) is 62.1 Å². The minimum absolute atomic E-state index is 0.0925. The molecule has 0 radical (unpaired) electrons. The van der Waals surface area contributed by atoms with E-state index in [9.17, 15) is 8.42 Å². The van der Waals surface area contributed by atoms with Crippen LogP contribution in [0.25, 0.3) is 0 Å². The lowest BCUT2D eigenvalue weighted by Gasteiger charge is -2.19. The lowest BCUT2D eigenvalue weighted by Crippen LogP contribution is -2.30. The third-order valence-corrected chi connectivity index (χ3v) is 6.80. The molecule has 1 heterocycles. The summed E-state index contributed by atoms with van der Waals surface area (Å²) in [5.74, 6) is 0.430. The monoisotopic (exact) mass is 335 g/mol. The lowest BCUT2D eigenvalue weighted by molar-refractivity contribution is 0.533. The lowest BCUT2D eigenvalue weighted by atomic mass is 10.1. The molecule has 1 aromatic heterocycles. The summed E-state index contributed by atoms with van der Waals surface area (Å²) in [6, 6.07) is 7.76. The molecule has 1 aliphatic carbocycles. The summed E-state index contributed by atoms with van der Waals surface area (Å²) >= 11 is 1.62. The maximum absolute atomic E-state index is 12.9. The largest absolute Gasteiger partial charge is 0.241 e. The third kappa shape index (κ3) is 3.12. The molecule has 5 heteroatoms. The van der Waals surface area contributed by atoms with Crippen molar-refractivity contribution in [2.45, 2.75) is 44.6 Å². The highest BCUT2D eigenvalue weighted by atomic mass is 32.2. The van der Waals surface area contributed by atoms with Crippen LogP contribution >= 0.6 is 11.3 Å². The van der Waals surface area contributed by atoms with Gasteiger partial charge in [0.2, 0.25) is 10.0 Å². The van der Waals surface area contributed by atoms with E-state index >= 15 is 0 Å². The number of sulfonamides is 1. The van der Waals surface area contributed by atoms with E-state index in [1.807, 2.05) is 50.4 Å². The molecular weight excluding hydrogens is 314 g/mol. The fourth-order valence-electron chi connectivity index (χ4n) is 3.10. The Labute approximate surface area is 136 Å². The molecule has 0 aliphatic heterocycles. The number of aryl methyl sites for hydroxylation is 3. The van der Waals surface area contributed by atoms with Crippen LogP contribution in [0.4, 0.5) is 0 Å². The molecule has 1 aliphatic rings. The predicted octanol–water partition coefficient (Wildman–Crippen LogP) is 4.10. The Morgan fingerprint density at radius 2 is 1.82 bits per heavy atom. The van der Waals surface area contributed by atoms with Gasteiger partial charge in [0.1, 0.15) is 0 Å². The van der Waals surface area contributed by atoms with Gasteiger partial charge in [-0.2, -0.15) is 0 Å². The summed E-state index contributed by atoms with van der Waals surface area (Å²) in [6.07, 6.45) is 2.19. The minimum Gasteiger partial charge on any atom is -0.207 e. The van der Waals surface area contributed by atoms with Gasteiger partial charge >= 0.3 is 0 Å². The Balaban J connectivity index is 1.96. The van der Waals surface area contributed by atoms with Gasteiger partial charge in [-0.25, -0.2) is 13.1 Å². The minimum atomic E-state index is -3.51. The van der Waals surface area contributed by atoms with E-state index in [1.165, 1.54) is 0 Å². The van der Waals surface area contributed by atoms with Crippen LogP contribution in [0.2, 0.25) is 0 Å². The number of benzene rings is 1. The molecule has 1 unspecified atom stereocenters.